The van der Waals surface area contributed by atoms with Crippen LogP contribution in [0.25, 0.3) is 0 Å². The lowest BCUT2D eigenvalue weighted by molar-refractivity contribution is 0.426. The number of nitrogens with zero attached hydrogens (tertiary/aromatic N) is 2. The number of nitrogens with one attached hydrogen (secondary N) is 1. The van der Waals surface area contributed by atoms with Crippen LogP contribution >= 0.6 is 11.3 Å². The van der Waals surface area contributed by atoms with Gasteiger partial charge in [-0.2, -0.15) is 0 Å². The average molecular weight is 227 g/mol. The van der Waals surface area contributed by atoms with Gasteiger partial charge in [0.2, 0.25) is 0 Å². The third-order valence-corrected chi connectivity index (χ3v) is 3.25. The molecular formula is C11H21N3S. The van der Waals surface area contributed by atoms with Crippen LogP contribution in [0.4, 0.5) is 5.13 Å². The van der Waals surface area contributed by atoms with Crippen molar-refractivity contribution in [3.05, 3.63) is 11.1 Å². The van der Waals surface area contributed by atoms with Gasteiger partial charge in [0.15, 0.2) is 5.13 Å². The molecule has 0 aliphatic rings. The second-order valence-electron chi connectivity index (χ2n) is 4.73. The number of rotatable bonds is 4. The van der Waals surface area contributed by atoms with Gasteiger partial charge in [-0.1, -0.05) is 0 Å². The van der Waals surface area contributed by atoms with E-state index in [0.717, 1.165) is 18.2 Å². The highest BCUT2D eigenvalue weighted by molar-refractivity contribution is 7.15. The quantitative estimate of drug-likeness (QED) is 0.856. The van der Waals surface area contributed by atoms with Crippen LogP contribution in [0.3, 0.4) is 0 Å². The molecule has 0 unspecified atom stereocenters. The molecule has 0 saturated carbocycles. The molecule has 0 aliphatic heterocycles. The van der Waals surface area contributed by atoms with Crippen molar-refractivity contribution >= 4 is 16.5 Å². The van der Waals surface area contributed by atoms with Crippen molar-refractivity contribution in [3.63, 3.8) is 0 Å². The Morgan fingerprint density at radius 2 is 2.13 bits per heavy atom. The SMILES string of the molecule is CCN(C)c1ncc(CNC(C)(C)C)s1. The first-order valence-electron chi connectivity index (χ1n) is 5.33. The monoisotopic (exact) mass is 227 g/mol. The minimum Gasteiger partial charge on any atom is -0.351 e. The Kier molecular flexibility index (Phi) is 4.11. The molecular weight excluding hydrogens is 206 g/mol. The first kappa shape index (κ1) is 12.5. The average Bonchev–Trinajstić information content (AvgIpc) is 2.61. The van der Waals surface area contributed by atoms with E-state index in [9.17, 15) is 0 Å². The van der Waals surface area contributed by atoms with Crippen LogP contribution < -0.4 is 10.2 Å². The van der Waals surface area contributed by atoms with E-state index in [1.165, 1.54) is 4.88 Å². The van der Waals surface area contributed by atoms with Gasteiger partial charge in [0.25, 0.3) is 0 Å². The van der Waals surface area contributed by atoms with Crippen LogP contribution in [0.2, 0.25) is 0 Å². The van der Waals surface area contributed by atoms with Crippen LogP contribution in [-0.4, -0.2) is 24.1 Å². The smallest absolute Gasteiger partial charge is 0.185 e. The molecule has 0 fully saturated rings. The van der Waals surface area contributed by atoms with Crippen molar-refractivity contribution in [2.24, 2.45) is 0 Å². The summed E-state index contributed by atoms with van der Waals surface area (Å²) >= 11 is 1.76. The van der Waals surface area contributed by atoms with E-state index in [1.54, 1.807) is 11.3 Å². The van der Waals surface area contributed by atoms with E-state index in [2.05, 4.69) is 49.9 Å². The summed E-state index contributed by atoms with van der Waals surface area (Å²) in [6, 6.07) is 0. The Morgan fingerprint density at radius 3 is 2.67 bits per heavy atom. The number of hydrogen-bond acceptors (Lipinski definition) is 4. The predicted molar refractivity (Wildman–Crippen MR) is 67.7 cm³/mol. The maximum Gasteiger partial charge on any atom is 0.185 e. The lowest BCUT2D eigenvalue weighted by Gasteiger charge is -2.19. The van der Waals surface area contributed by atoms with Crippen LogP contribution in [0.5, 0.6) is 0 Å². The van der Waals surface area contributed by atoms with E-state index < -0.39 is 0 Å². The summed E-state index contributed by atoms with van der Waals surface area (Å²) in [6.45, 7) is 10.6. The molecule has 0 amide bonds. The van der Waals surface area contributed by atoms with Crippen molar-refractivity contribution < 1.29 is 0 Å². The van der Waals surface area contributed by atoms with E-state index in [-0.39, 0.29) is 5.54 Å². The van der Waals surface area contributed by atoms with Crippen molar-refractivity contribution in [1.29, 1.82) is 0 Å². The zero-order valence-corrected chi connectivity index (χ0v) is 11.1. The molecule has 0 aromatic carbocycles. The molecule has 1 aromatic rings. The zero-order chi connectivity index (χ0) is 11.5. The lowest BCUT2D eigenvalue weighted by atomic mass is 10.1. The number of aromatic nitrogens is 1. The Balaban J connectivity index is 2.53. The fourth-order valence-corrected chi connectivity index (χ4v) is 1.92. The molecule has 0 bridgehead atoms. The van der Waals surface area contributed by atoms with E-state index >= 15 is 0 Å². The minimum absolute atomic E-state index is 0.167. The van der Waals surface area contributed by atoms with Crippen molar-refractivity contribution in [2.45, 2.75) is 39.8 Å². The van der Waals surface area contributed by atoms with Gasteiger partial charge >= 0.3 is 0 Å². The topological polar surface area (TPSA) is 28.2 Å². The second-order valence-corrected chi connectivity index (χ2v) is 5.82. The summed E-state index contributed by atoms with van der Waals surface area (Å²) in [7, 11) is 2.07. The molecule has 1 aromatic heterocycles. The summed E-state index contributed by atoms with van der Waals surface area (Å²) in [5, 5.41) is 4.56. The fourth-order valence-electron chi connectivity index (χ4n) is 1.04. The molecule has 0 aliphatic carbocycles. The maximum absolute atomic E-state index is 4.39. The first-order valence-corrected chi connectivity index (χ1v) is 6.15. The largest absolute Gasteiger partial charge is 0.351 e. The minimum atomic E-state index is 0.167. The summed E-state index contributed by atoms with van der Waals surface area (Å²) in [6.07, 6.45) is 1.96. The third-order valence-electron chi connectivity index (χ3n) is 2.14. The van der Waals surface area contributed by atoms with Crippen LogP contribution in [-0.2, 0) is 6.54 Å². The van der Waals surface area contributed by atoms with E-state index in [1.807, 2.05) is 6.20 Å². The standard InChI is InChI=1S/C11H21N3S/c1-6-14(5)10-12-7-9(15-10)8-13-11(2,3)4/h7,13H,6,8H2,1-5H3. The van der Waals surface area contributed by atoms with Crippen LogP contribution in [0, 0.1) is 0 Å². The van der Waals surface area contributed by atoms with Gasteiger partial charge in [-0.15, -0.1) is 11.3 Å². The van der Waals surface area contributed by atoms with Crippen LogP contribution in [0.15, 0.2) is 6.20 Å². The highest BCUT2D eigenvalue weighted by Crippen LogP contribution is 2.21. The maximum atomic E-state index is 4.39. The summed E-state index contributed by atoms with van der Waals surface area (Å²) < 4.78 is 0. The normalized spacial score (nSPS) is 11.8. The molecule has 1 rings (SSSR count). The number of anilines is 1. The van der Waals surface area contributed by atoms with Gasteiger partial charge < -0.3 is 10.2 Å². The van der Waals surface area contributed by atoms with Gasteiger partial charge in [-0.05, 0) is 27.7 Å². The van der Waals surface area contributed by atoms with E-state index in [0.29, 0.717) is 0 Å². The van der Waals surface area contributed by atoms with Crippen molar-refractivity contribution in [3.8, 4) is 0 Å². The summed E-state index contributed by atoms with van der Waals surface area (Å²) in [5.41, 5.74) is 0.167. The molecule has 0 atom stereocenters. The van der Waals surface area contributed by atoms with Gasteiger partial charge in [0, 0.05) is 36.8 Å². The van der Waals surface area contributed by atoms with Gasteiger partial charge in [-0.25, -0.2) is 4.98 Å². The molecule has 0 spiro atoms. The number of hydrogen-bond donors (Lipinski definition) is 1. The molecule has 0 saturated heterocycles. The van der Waals surface area contributed by atoms with Crippen LogP contribution in [0.1, 0.15) is 32.6 Å². The number of thiazole rings is 1. The second kappa shape index (κ2) is 4.94. The Bertz CT molecular complexity index is 301. The van der Waals surface area contributed by atoms with Crippen molar-refractivity contribution in [1.82, 2.24) is 10.3 Å². The molecule has 1 N–H and O–H groups in total. The molecule has 3 nitrogen and oxygen atoms in total. The lowest BCUT2D eigenvalue weighted by Crippen LogP contribution is -2.34. The van der Waals surface area contributed by atoms with Crippen molar-refractivity contribution in [2.75, 3.05) is 18.5 Å². The highest BCUT2D eigenvalue weighted by Gasteiger charge is 2.10. The Hall–Kier alpha value is -0.610. The van der Waals surface area contributed by atoms with Gasteiger partial charge in [0.05, 0.1) is 0 Å². The Labute approximate surface area is 96.5 Å². The summed E-state index contributed by atoms with van der Waals surface area (Å²) in [5.74, 6) is 0. The molecule has 0 radical (unpaired) electrons. The molecule has 1 heterocycles. The third kappa shape index (κ3) is 4.18. The Morgan fingerprint density at radius 1 is 1.47 bits per heavy atom. The predicted octanol–water partition coefficient (Wildman–Crippen LogP) is 2.49. The van der Waals surface area contributed by atoms with E-state index in [4.69, 9.17) is 0 Å². The summed E-state index contributed by atoms with van der Waals surface area (Å²) in [4.78, 5) is 7.84. The molecule has 86 valence electrons. The zero-order valence-electron chi connectivity index (χ0n) is 10.3. The first-order chi connectivity index (χ1) is 6.92. The van der Waals surface area contributed by atoms with Gasteiger partial charge in [0.1, 0.15) is 0 Å². The van der Waals surface area contributed by atoms with Gasteiger partial charge in [-0.3, -0.25) is 0 Å². The molecule has 15 heavy (non-hydrogen) atoms. The highest BCUT2D eigenvalue weighted by atomic mass is 32.1. The fraction of sp³-hybridized carbons (Fsp3) is 0.727. The molecule has 4 heteroatoms.